The lowest BCUT2D eigenvalue weighted by molar-refractivity contribution is 0.0954. The maximum Gasteiger partial charge on any atom is 0.271 e. The maximum absolute atomic E-state index is 12.7. The fourth-order valence-electron chi connectivity index (χ4n) is 2.94. The molecule has 0 unspecified atom stereocenters. The van der Waals surface area contributed by atoms with Crippen LogP contribution in [0.3, 0.4) is 0 Å². The van der Waals surface area contributed by atoms with Crippen LogP contribution in [-0.2, 0) is 0 Å². The average Bonchev–Trinajstić information content (AvgIpc) is 2.83. The van der Waals surface area contributed by atoms with E-state index in [1.807, 2.05) is 24.3 Å². The largest absolute Gasteiger partial charge is 0.493 e. The van der Waals surface area contributed by atoms with E-state index in [1.165, 1.54) is 21.3 Å². The Balaban J connectivity index is 1.65. The fraction of sp³-hybridized carbons (Fsp3) is 0.125. The molecule has 0 aromatic heterocycles. The van der Waals surface area contributed by atoms with E-state index in [-0.39, 0.29) is 11.8 Å². The summed E-state index contributed by atoms with van der Waals surface area (Å²) in [4.78, 5) is 25.0. The first-order valence-corrected chi connectivity index (χ1v) is 10.5. The summed E-state index contributed by atoms with van der Waals surface area (Å²) in [5.74, 6) is 0.401. The van der Waals surface area contributed by atoms with Crippen molar-refractivity contribution in [2.45, 2.75) is 0 Å². The number of benzene rings is 3. The van der Waals surface area contributed by atoms with Crippen molar-refractivity contribution in [3.63, 3.8) is 0 Å². The lowest BCUT2D eigenvalue weighted by atomic mass is 10.1. The molecule has 0 bridgehead atoms. The van der Waals surface area contributed by atoms with Crippen molar-refractivity contribution < 1.29 is 23.8 Å². The average molecular weight is 512 g/mol. The van der Waals surface area contributed by atoms with Crippen LogP contribution in [0.25, 0.3) is 0 Å². The Hall–Kier alpha value is -3.85. The predicted octanol–water partition coefficient (Wildman–Crippen LogP) is 4.49. The number of anilines is 1. The van der Waals surface area contributed by atoms with E-state index in [9.17, 15) is 9.59 Å². The normalized spacial score (nSPS) is 10.5. The number of amides is 2. The Morgan fingerprint density at radius 3 is 2.09 bits per heavy atom. The molecular formula is C24H22BrN3O5. The first kappa shape index (κ1) is 23.8. The summed E-state index contributed by atoms with van der Waals surface area (Å²) in [6.07, 6.45) is 1.55. The van der Waals surface area contributed by atoms with Crippen LogP contribution in [0.5, 0.6) is 17.2 Å². The third-order valence-electron chi connectivity index (χ3n) is 4.56. The van der Waals surface area contributed by atoms with E-state index < -0.39 is 0 Å². The minimum Gasteiger partial charge on any atom is -0.493 e. The van der Waals surface area contributed by atoms with Gasteiger partial charge in [0.1, 0.15) is 0 Å². The van der Waals surface area contributed by atoms with Gasteiger partial charge in [-0.3, -0.25) is 9.59 Å². The molecule has 9 heteroatoms. The van der Waals surface area contributed by atoms with E-state index >= 15 is 0 Å². The van der Waals surface area contributed by atoms with Crippen LogP contribution in [0.1, 0.15) is 26.3 Å². The first-order chi connectivity index (χ1) is 15.9. The van der Waals surface area contributed by atoms with Crippen molar-refractivity contribution in [1.82, 2.24) is 5.43 Å². The van der Waals surface area contributed by atoms with Crippen LogP contribution in [0.15, 0.2) is 70.2 Å². The van der Waals surface area contributed by atoms with Crippen molar-refractivity contribution in [3.8, 4) is 17.2 Å². The Kier molecular flexibility index (Phi) is 8.04. The van der Waals surface area contributed by atoms with E-state index in [1.54, 1.807) is 42.6 Å². The van der Waals surface area contributed by atoms with Gasteiger partial charge in [-0.1, -0.05) is 28.1 Å². The summed E-state index contributed by atoms with van der Waals surface area (Å²) in [6.45, 7) is 0. The van der Waals surface area contributed by atoms with Gasteiger partial charge in [0.05, 0.1) is 27.5 Å². The van der Waals surface area contributed by atoms with Crippen LogP contribution in [0.4, 0.5) is 5.69 Å². The van der Waals surface area contributed by atoms with E-state index in [4.69, 9.17) is 14.2 Å². The molecular weight excluding hydrogens is 490 g/mol. The number of halogens is 1. The highest BCUT2D eigenvalue weighted by Crippen LogP contribution is 2.38. The van der Waals surface area contributed by atoms with Crippen molar-refractivity contribution in [2.24, 2.45) is 5.10 Å². The third kappa shape index (κ3) is 6.11. The Bertz CT molecular complexity index is 1150. The van der Waals surface area contributed by atoms with Gasteiger partial charge in [-0.2, -0.15) is 5.10 Å². The molecule has 0 saturated carbocycles. The molecule has 170 valence electrons. The number of hydrogen-bond acceptors (Lipinski definition) is 6. The molecule has 33 heavy (non-hydrogen) atoms. The molecule has 0 aliphatic carbocycles. The molecule has 2 N–H and O–H groups in total. The third-order valence-corrected chi connectivity index (χ3v) is 5.05. The van der Waals surface area contributed by atoms with Gasteiger partial charge in [0.2, 0.25) is 5.75 Å². The minimum atomic E-state index is -0.372. The molecule has 0 radical (unpaired) electrons. The van der Waals surface area contributed by atoms with Crippen molar-refractivity contribution in [3.05, 3.63) is 81.8 Å². The first-order valence-electron chi connectivity index (χ1n) is 9.75. The van der Waals surface area contributed by atoms with Gasteiger partial charge in [-0.25, -0.2) is 5.43 Å². The van der Waals surface area contributed by atoms with Gasteiger partial charge < -0.3 is 19.5 Å². The molecule has 3 aromatic carbocycles. The van der Waals surface area contributed by atoms with Crippen LogP contribution >= 0.6 is 15.9 Å². The number of carbonyl (C=O) groups is 2. The van der Waals surface area contributed by atoms with Crippen molar-refractivity contribution in [2.75, 3.05) is 26.6 Å². The molecule has 3 rings (SSSR count). The second kappa shape index (κ2) is 11.1. The second-order valence-corrected chi connectivity index (χ2v) is 7.62. The Morgan fingerprint density at radius 1 is 0.848 bits per heavy atom. The number of ether oxygens (including phenoxy) is 3. The quantitative estimate of drug-likeness (QED) is 0.343. The highest BCUT2D eigenvalue weighted by atomic mass is 79.9. The zero-order chi connectivity index (χ0) is 23.8. The molecule has 0 heterocycles. The molecule has 0 spiro atoms. The minimum absolute atomic E-state index is 0.327. The van der Waals surface area contributed by atoms with Crippen molar-refractivity contribution in [1.29, 1.82) is 0 Å². The highest BCUT2D eigenvalue weighted by molar-refractivity contribution is 9.10. The van der Waals surface area contributed by atoms with E-state index in [2.05, 4.69) is 31.8 Å². The zero-order valence-electron chi connectivity index (χ0n) is 18.2. The number of rotatable bonds is 8. The van der Waals surface area contributed by atoms with Crippen LogP contribution in [-0.4, -0.2) is 39.4 Å². The summed E-state index contributed by atoms with van der Waals surface area (Å²) in [7, 11) is 4.45. The summed E-state index contributed by atoms with van der Waals surface area (Å²) < 4.78 is 16.8. The number of nitrogens with zero attached hydrogens (tertiary/aromatic N) is 1. The van der Waals surface area contributed by atoms with Gasteiger partial charge in [-0.05, 0) is 54.1 Å². The van der Waals surface area contributed by atoms with Gasteiger partial charge in [-0.15, -0.1) is 0 Å². The lowest BCUT2D eigenvalue weighted by Gasteiger charge is -2.14. The fourth-order valence-corrected chi connectivity index (χ4v) is 3.35. The monoisotopic (exact) mass is 511 g/mol. The number of carbonyl (C=O) groups excluding carboxylic acids is 2. The summed E-state index contributed by atoms with van der Waals surface area (Å²) >= 11 is 3.38. The van der Waals surface area contributed by atoms with Crippen LogP contribution in [0.2, 0.25) is 0 Å². The van der Waals surface area contributed by atoms with Gasteiger partial charge in [0.15, 0.2) is 11.5 Å². The summed E-state index contributed by atoms with van der Waals surface area (Å²) in [6, 6.07) is 17.1. The molecule has 0 aliphatic rings. The highest BCUT2D eigenvalue weighted by Gasteiger charge is 2.17. The van der Waals surface area contributed by atoms with Crippen LogP contribution in [0, 0.1) is 0 Å². The predicted molar refractivity (Wildman–Crippen MR) is 130 cm³/mol. The standard InChI is InChI=1S/C24H22BrN3O5/c1-31-20-12-17(13-21(32-2)22(20)33-3)23(29)27-19-9-7-16(8-10-19)24(30)28-26-14-15-5-4-6-18(25)11-15/h4-14H,1-3H3,(H,27,29)(H,28,30)/b26-14-. The number of methoxy groups -OCH3 is 3. The molecule has 0 aliphatic heterocycles. The topological polar surface area (TPSA) is 98.2 Å². The Morgan fingerprint density at radius 2 is 1.52 bits per heavy atom. The Labute approximate surface area is 199 Å². The number of hydrazone groups is 1. The molecule has 0 fully saturated rings. The SMILES string of the molecule is COc1cc(C(=O)Nc2ccc(C(=O)N/N=C\c3cccc(Br)c3)cc2)cc(OC)c1OC. The molecule has 8 nitrogen and oxygen atoms in total. The van der Waals surface area contributed by atoms with Crippen molar-refractivity contribution >= 4 is 39.6 Å². The molecule has 2 amide bonds. The summed E-state index contributed by atoms with van der Waals surface area (Å²) in [5.41, 5.74) is 4.56. The van der Waals surface area contributed by atoms with Crippen LogP contribution < -0.4 is 25.0 Å². The van der Waals surface area contributed by atoms with Gasteiger partial charge in [0, 0.05) is 21.3 Å². The molecule has 0 atom stereocenters. The van der Waals surface area contributed by atoms with Gasteiger partial charge >= 0.3 is 0 Å². The van der Waals surface area contributed by atoms with E-state index in [0.717, 1.165) is 10.0 Å². The number of nitrogens with one attached hydrogen (secondary N) is 2. The van der Waals surface area contributed by atoms with E-state index in [0.29, 0.717) is 34.1 Å². The lowest BCUT2D eigenvalue weighted by Crippen LogP contribution is -2.18. The smallest absolute Gasteiger partial charge is 0.271 e. The van der Waals surface area contributed by atoms with Gasteiger partial charge in [0.25, 0.3) is 11.8 Å². The second-order valence-electron chi connectivity index (χ2n) is 6.70. The molecule has 0 saturated heterocycles. The summed E-state index contributed by atoms with van der Waals surface area (Å²) in [5, 5.41) is 6.74. The zero-order valence-corrected chi connectivity index (χ0v) is 19.8. The molecule has 3 aromatic rings. The number of hydrogen-bond donors (Lipinski definition) is 2. The maximum atomic E-state index is 12.7.